The minimum Gasteiger partial charge on any atom is -0.358 e. The van der Waals surface area contributed by atoms with Crippen molar-refractivity contribution in [2.75, 3.05) is 13.6 Å². The molecule has 0 bridgehead atoms. The van der Waals surface area contributed by atoms with E-state index in [9.17, 15) is 4.79 Å². The van der Waals surface area contributed by atoms with E-state index in [1.807, 2.05) is 18.2 Å². The van der Waals surface area contributed by atoms with Gasteiger partial charge in [-0.15, -0.1) is 0 Å². The lowest BCUT2D eigenvalue weighted by atomic mass is 10.1. The Bertz CT molecular complexity index is 626. The fourth-order valence-corrected chi connectivity index (χ4v) is 2.71. The van der Waals surface area contributed by atoms with E-state index in [0.717, 1.165) is 16.6 Å². The van der Waals surface area contributed by atoms with Crippen LogP contribution in [-0.4, -0.2) is 46.8 Å². The van der Waals surface area contributed by atoms with Crippen molar-refractivity contribution in [3.05, 3.63) is 23.8 Å². The first-order valence-electron chi connectivity index (χ1n) is 6.60. The number of hydrogen-bond donors (Lipinski definition) is 2. The number of likely N-dealkylation sites (N-methyl/N-ethyl adjacent to an activating group) is 1. The maximum absolute atomic E-state index is 11.9. The van der Waals surface area contributed by atoms with Crippen LogP contribution in [0.3, 0.4) is 0 Å². The lowest BCUT2D eigenvalue weighted by molar-refractivity contribution is -0.125. The molecule has 3 rings (SSSR count). The largest absolute Gasteiger partial charge is 0.358 e. The molecule has 0 saturated carbocycles. The van der Waals surface area contributed by atoms with Crippen molar-refractivity contribution in [3.8, 4) is 0 Å². The molecule has 2 atom stereocenters. The van der Waals surface area contributed by atoms with Gasteiger partial charge in [-0.3, -0.25) is 9.69 Å². The van der Waals surface area contributed by atoms with Crippen LogP contribution in [0.25, 0.3) is 11.0 Å². The van der Waals surface area contributed by atoms with Gasteiger partial charge in [0.1, 0.15) is 11.0 Å². The molecule has 7 heteroatoms. The van der Waals surface area contributed by atoms with Gasteiger partial charge in [0.2, 0.25) is 5.91 Å². The third kappa shape index (κ3) is 2.37. The molecule has 2 heterocycles. The topological polar surface area (TPSA) is 97.3 Å². The second-order valence-electron chi connectivity index (χ2n) is 5.14. The van der Waals surface area contributed by atoms with Gasteiger partial charge in [0, 0.05) is 26.2 Å². The molecule has 1 aromatic carbocycles. The van der Waals surface area contributed by atoms with E-state index in [1.54, 1.807) is 7.05 Å². The lowest BCUT2D eigenvalue weighted by Gasteiger charge is -2.22. The Morgan fingerprint density at radius 3 is 3.10 bits per heavy atom. The van der Waals surface area contributed by atoms with Gasteiger partial charge in [-0.25, -0.2) is 4.63 Å². The molecule has 1 saturated heterocycles. The number of carbonyl (C=O) groups is 1. The Balaban J connectivity index is 1.79. The summed E-state index contributed by atoms with van der Waals surface area (Å²) in [7, 11) is 1.65. The zero-order valence-corrected chi connectivity index (χ0v) is 11.2. The van der Waals surface area contributed by atoms with E-state index in [4.69, 9.17) is 5.73 Å². The maximum atomic E-state index is 11.9. The predicted octanol–water partition coefficient (Wildman–Crippen LogP) is -0.130. The van der Waals surface area contributed by atoms with E-state index >= 15 is 0 Å². The standard InChI is InChI=1S/C13H17N5O2/c1-15-13(19)12-5-9(14)7-18(12)6-8-2-3-10-11(4-8)17-20-16-10/h2-4,9,12H,5-7,14H2,1H3,(H,15,19)/t9-,12-/m0/s1. The molecule has 106 valence electrons. The van der Waals surface area contributed by atoms with E-state index in [1.165, 1.54) is 0 Å². The number of amides is 1. The van der Waals surface area contributed by atoms with E-state index in [-0.39, 0.29) is 18.0 Å². The Morgan fingerprint density at radius 1 is 1.50 bits per heavy atom. The van der Waals surface area contributed by atoms with Crippen LogP contribution >= 0.6 is 0 Å². The van der Waals surface area contributed by atoms with E-state index in [2.05, 4.69) is 25.2 Å². The van der Waals surface area contributed by atoms with Crippen LogP contribution in [0.5, 0.6) is 0 Å². The summed E-state index contributed by atoms with van der Waals surface area (Å²) in [6, 6.07) is 5.64. The molecule has 3 N–H and O–H groups in total. The lowest BCUT2D eigenvalue weighted by Crippen LogP contribution is -2.41. The molecule has 2 aromatic rings. The first-order chi connectivity index (χ1) is 9.67. The van der Waals surface area contributed by atoms with Gasteiger partial charge in [0.15, 0.2) is 0 Å². The highest BCUT2D eigenvalue weighted by Gasteiger charge is 2.34. The number of carbonyl (C=O) groups excluding carboxylic acids is 1. The number of benzene rings is 1. The molecule has 1 aliphatic rings. The summed E-state index contributed by atoms with van der Waals surface area (Å²) >= 11 is 0. The van der Waals surface area contributed by atoms with Crippen molar-refractivity contribution in [1.29, 1.82) is 0 Å². The molecule has 1 aliphatic heterocycles. The number of nitrogens with zero attached hydrogens (tertiary/aromatic N) is 3. The van der Waals surface area contributed by atoms with Crippen molar-refractivity contribution in [3.63, 3.8) is 0 Å². The highest BCUT2D eigenvalue weighted by atomic mass is 16.6. The number of likely N-dealkylation sites (tertiary alicyclic amines) is 1. The Labute approximate surface area is 116 Å². The van der Waals surface area contributed by atoms with E-state index < -0.39 is 0 Å². The van der Waals surface area contributed by atoms with Crippen molar-refractivity contribution < 1.29 is 9.42 Å². The van der Waals surface area contributed by atoms with Crippen LogP contribution in [-0.2, 0) is 11.3 Å². The SMILES string of the molecule is CNC(=O)[C@@H]1C[C@H](N)CN1Cc1ccc2nonc2c1. The summed E-state index contributed by atoms with van der Waals surface area (Å²) in [5, 5.41) is 10.3. The highest BCUT2D eigenvalue weighted by molar-refractivity contribution is 5.82. The highest BCUT2D eigenvalue weighted by Crippen LogP contribution is 2.21. The van der Waals surface area contributed by atoms with Crippen LogP contribution in [0.1, 0.15) is 12.0 Å². The fraction of sp³-hybridized carbons (Fsp3) is 0.462. The molecule has 1 amide bonds. The Morgan fingerprint density at radius 2 is 2.30 bits per heavy atom. The molecule has 1 aromatic heterocycles. The molecule has 20 heavy (non-hydrogen) atoms. The van der Waals surface area contributed by atoms with Crippen molar-refractivity contribution in [2.24, 2.45) is 5.73 Å². The van der Waals surface area contributed by atoms with Crippen molar-refractivity contribution in [1.82, 2.24) is 20.5 Å². The number of rotatable bonds is 3. The second-order valence-corrected chi connectivity index (χ2v) is 5.14. The molecular formula is C13H17N5O2. The number of hydrogen-bond acceptors (Lipinski definition) is 6. The van der Waals surface area contributed by atoms with E-state index in [0.29, 0.717) is 19.5 Å². The third-order valence-electron chi connectivity index (χ3n) is 3.69. The van der Waals surface area contributed by atoms with Crippen LogP contribution in [0.2, 0.25) is 0 Å². The van der Waals surface area contributed by atoms with Crippen molar-refractivity contribution in [2.45, 2.75) is 25.0 Å². The van der Waals surface area contributed by atoms with Crippen LogP contribution in [0.15, 0.2) is 22.8 Å². The fourth-order valence-electron chi connectivity index (χ4n) is 2.71. The number of nitrogens with two attached hydrogens (primary N) is 1. The minimum atomic E-state index is -0.166. The van der Waals surface area contributed by atoms with Gasteiger partial charge in [-0.1, -0.05) is 6.07 Å². The molecule has 0 aliphatic carbocycles. The second kappa shape index (κ2) is 5.18. The first-order valence-corrected chi connectivity index (χ1v) is 6.60. The number of nitrogens with one attached hydrogen (secondary N) is 1. The average Bonchev–Trinajstić information content (AvgIpc) is 3.04. The van der Waals surface area contributed by atoms with Crippen LogP contribution in [0, 0.1) is 0 Å². The predicted molar refractivity (Wildman–Crippen MR) is 72.7 cm³/mol. The molecule has 0 unspecified atom stereocenters. The van der Waals surface area contributed by atoms with Gasteiger partial charge in [-0.2, -0.15) is 0 Å². The summed E-state index contributed by atoms with van der Waals surface area (Å²) in [4.78, 5) is 14.0. The summed E-state index contributed by atoms with van der Waals surface area (Å²) in [6.45, 7) is 1.38. The number of fused-ring (bicyclic) bond motifs is 1. The minimum absolute atomic E-state index is 0.0159. The Kier molecular flexibility index (Phi) is 3.37. The molecule has 1 fully saturated rings. The van der Waals surface area contributed by atoms with Crippen molar-refractivity contribution >= 4 is 16.9 Å². The normalized spacial score (nSPS) is 23.3. The summed E-state index contributed by atoms with van der Waals surface area (Å²) in [6.07, 6.45) is 0.688. The first kappa shape index (κ1) is 13.0. The smallest absolute Gasteiger partial charge is 0.237 e. The summed E-state index contributed by atoms with van der Waals surface area (Å²) in [5.74, 6) is 0.0159. The van der Waals surface area contributed by atoms with Crippen LogP contribution in [0.4, 0.5) is 0 Å². The zero-order chi connectivity index (χ0) is 14.1. The molecule has 7 nitrogen and oxygen atoms in total. The third-order valence-corrected chi connectivity index (χ3v) is 3.69. The van der Waals surface area contributed by atoms with Gasteiger partial charge in [0.05, 0.1) is 6.04 Å². The van der Waals surface area contributed by atoms with Gasteiger partial charge >= 0.3 is 0 Å². The van der Waals surface area contributed by atoms with Crippen LogP contribution < -0.4 is 11.1 Å². The molecule has 0 spiro atoms. The quantitative estimate of drug-likeness (QED) is 0.810. The van der Waals surface area contributed by atoms with Gasteiger partial charge < -0.3 is 11.1 Å². The summed E-state index contributed by atoms with van der Waals surface area (Å²) in [5.41, 5.74) is 8.50. The van der Waals surface area contributed by atoms with Gasteiger partial charge in [0.25, 0.3) is 0 Å². The molecular weight excluding hydrogens is 258 g/mol. The zero-order valence-electron chi connectivity index (χ0n) is 11.2. The average molecular weight is 275 g/mol. The van der Waals surface area contributed by atoms with Gasteiger partial charge in [-0.05, 0) is 34.4 Å². The summed E-state index contributed by atoms with van der Waals surface area (Å²) < 4.78 is 4.69. The monoisotopic (exact) mass is 275 g/mol. The molecule has 0 radical (unpaired) electrons. The Hall–Kier alpha value is -1.99. The number of aromatic nitrogens is 2. The maximum Gasteiger partial charge on any atom is 0.237 e.